The van der Waals surface area contributed by atoms with Gasteiger partial charge in [-0.1, -0.05) is 50.1 Å². The Hall–Kier alpha value is -4.12. The lowest BCUT2D eigenvalue weighted by Gasteiger charge is -2.33. The van der Waals surface area contributed by atoms with Crippen LogP contribution in [0, 0.1) is 5.82 Å². The van der Waals surface area contributed by atoms with Gasteiger partial charge in [-0.2, -0.15) is 0 Å². The van der Waals surface area contributed by atoms with E-state index in [0.717, 1.165) is 47.7 Å². The van der Waals surface area contributed by atoms with Crippen LogP contribution >= 0.6 is 0 Å². The number of hydrogen-bond acceptors (Lipinski definition) is 6. The van der Waals surface area contributed by atoms with Crippen LogP contribution in [0.15, 0.2) is 77.7 Å². The van der Waals surface area contributed by atoms with Gasteiger partial charge in [-0.25, -0.2) is 12.8 Å². The first-order chi connectivity index (χ1) is 21.2. The van der Waals surface area contributed by atoms with E-state index in [2.05, 4.69) is 5.32 Å². The number of nitrogens with zero attached hydrogens (tertiary/aromatic N) is 2. The highest BCUT2D eigenvalue weighted by atomic mass is 32.2. The van der Waals surface area contributed by atoms with E-state index in [0.29, 0.717) is 18.6 Å². The number of rotatable bonds is 14. The fraction of sp³-hybridized carbons (Fsp3) is 0.394. The summed E-state index contributed by atoms with van der Waals surface area (Å²) in [5.41, 5.74) is 1.07. The molecule has 236 valence electrons. The Bertz CT molecular complexity index is 1510. The second kappa shape index (κ2) is 15.1. The number of sulfonamides is 1. The number of carbonyl (C=O) groups is 2. The molecule has 2 amide bonds. The van der Waals surface area contributed by atoms with Gasteiger partial charge < -0.3 is 19.7 Å². The van der Waals surface area contributed by atoms with Gasteiger partial charge in [-0.05, 0) is 67.6 Å². The minimum absolute atomic E-state index is 0.0590. The molecule has 0 spiro atoms. The second-order valence-electron chi connectivity index (χ2n) is 10.7. The van der Waals surface area contributed by atoms with Crippen molar-refractivity contribution in [2.24, 2.45) is 0 Å². The number of methoxy groups -OCH3 is 2. The van der Waals surface area contributed by atoms with Gasteiger partial charge in [-0.3, -0.25) is 13.9 Å². The Morgan fingerprint density at radius 3 is 2.23 bits per heavy atom. The predicted octanol–water partition coefficient (Wildman–Crippen LogP) is 4.95. The van der Waals surface area contributed by atoms with Gasteiger partial charge in [0.1, 0.15) is 18.4 Å². The molecule has 3 aromatic rings. The average Bonchev–Trinajstić information content (AvgIpc) is 3.55. The first-order valence-corrected chi connectivity index (χ1v) is 16.3. The number of benzene rings is 3. The molecule has 1 atom stereocenters. The van der Waals surface area contributed by atoms with Gasteiger partial charge in [0.05, 0.1) is 24.8 Å². The van der Waals surface area contributed by atoms with Crippen molar-refractivity contribution in [3.63, 3.8) is 0 Å². The molecule has 0 heterocycles. The molecule has 1 fully saturated rings. The van der Waals surface area contributed by atoms with Crippen molar-refractivity contribution in [1.82, 2.24) is 10.2 Å². The summed E-state index contributed by atoms with van der Waals surface area (Å²) >= 11 is 0. The zero-order valence-corrected chi connectivity index (χ0v) is 26.2. The molecule has 0 radical (unpaired) electrons. The Morgan fingerprint density at radius 2 is 1.61 bits per heavy atom. The topological polar surface area (TPSA) is 105 Å². The molecule has 0 aliphatic heterocycles. The predicted molar refractivity (Wildman–Crippen MR) is 167 cm³/mol. The molecule has 0 saturated heterocycles. The van der Waals surface area contributed by atoms with Gasteiger partial charge >= 0.3 is 0 Å². The highest BCUT2D eigenvalue weighted by Gasteiger charge is 2.34. The standard InChI is InChI=1S/C33H40FN3O6S/c1-4-29(33(39)35-26-12-8-9-13-26)36(21-20-24-10-6-5-7-11-24)32(38)23-37(27-16-14-25(34)15-17-27)44(40,41)28-18-19-30(42-2)31(22-28)43-3/h5-7,10-11,14-19,22,26,29H,4,8-9,12-13,20-21,23H2,1-3H3,(H,35,39)/t29-/m0/s1. The zero-order valence-electron chi connectivity index (χ0n) is 25.4. The van der Waals surface area contributed by atoms with Crippen LogP contribution < -0.4 is 19.1 Å². The van der Waals surface area contributed by atoms with E-state index >= 15 is 0 Å². The molecule has 0 unspecified atom stereocenters. The third-order valence-corrected chi connectivity index (χ3v) is 9.68. The number of halogens is 1. The van der Waals surface area contributed by atoms with Crippen LogP contribution in [0.5, 0.6) is 11.5 Å². The monoisotopic (exact) mass is 625 g/mol. The van der Waals surface area contributed by atoms with Crippen LogP contribution in [0.4, 0.5) is 10.1 Å². The van der Waals surface area contributed by atoms with Gasteiger partial charge in [0.2, 0.25) is 11.8 Å². The minimum atomic E-state index is -4.36. The fourth-order valence-electron chi connectivity index (χ4n) is 5.50. The van der Waals surface area contributed by atoms with E-state index in [-0.39, 0.29) is 34.8 Å². The van der Waals surface area contributed by atoms with Crippen LogP contribution in [0.2, 0.25) is 0 Å². The third-order valence-electron chi connectivity index (χ3n) is 7.91. The molecule has 0 aromatic heterocycles. The molecule has 1 aliphatic rings. The Morgan fingerprint density at radius 1 is 0.955 bits per heavy atom. The SMILES string of the molecule is CC[C@@H](C(=O)NC1CCCC1)N(CCc1ccccc1)C(=O)CN(c1ccc(F)cc1)S(=O)(=O)c1ccc(OC)c(OC)c1. The minimum Gasteiger partial charge on any atom is -0.493 e. The van der Waals surface area contributed by atoms with Crippen LogP contribution in [0.25, 0.3) is 0 Å². The second-order valence-corrected chi connectivity index (χ2v) is 12.6. The molecule has 3 aromatic carbocycles. The lowest BCUT2D eigenvalue weighted by molar-refractivity contribution is -0.139. The van der Waals surface area contributed by atoms with Crippen molar-refractivity contribution in [2.75, 3.05) is 31.6 Å². The van der Waals surface area contributed by atoms with Crippen molar-refractivity contribution < 1.29 is 31.9 Å². The Kier molecular flexibility index (Phi) is 11.2. The number of hydrogen-bond donors (Lipinski definition) is 1. The fourth-order valence-corrected chi connectivity index (χ4v) is 6.93. The maximum atomic E-state index is 14.2. The summed E-state index contributed by atoms with van der Waals surface area (Å²) in [6.45, 7) is 1.43. The summed E-state index contributed by atoms with van der Waals surface area (Å²) in [6, 6.07) is 17.8. The number of anilines is 1. The molecule has 4 rings (SSSR count). The quantitative estimate of drug-likeness (QED) is 0.272. The van der Waals surface area contributed by atoms with Crippen molar-refractivity contribution in [1.29, 1.82) is 0 Å². The summed E-state index contributed by atoms with van der Waals surface area (Å²) in [7, 11) is -1.54. The summed E-state index contributed by atoms with van der Waals surface area (Å²) < 4.78 is 53.6. The van der Waals surface area contributed by atoms with E-state index in [4.69, 9.17) is 9.47 Å². The van der Waals surface area contributed by atoms with Crippen LogP contribution in [-0.2, 0) is 26.0 Å². The van der Waals surface area contributed by atoms with E-state index in [1.54, 1.807) is 0 Å². The summed E-state index contributed by atoms with van der Waals surface area (Å²) in [5.74, 6) is -0.831. The number of amides is 2. The van der Waals surface area contributed by atoms with Crippen LogP contribution in [-0.4, -0.2) is 64.5 Å². The van der Waals surface area contributed by atoms with Crippen molar-refractivity contribution in [3.8, 4) is 11.5 Å². The molecular formula is C33H40FN3O6S. The first-order valence-electron chi connectivity index (χ1n) is 14.8. The maximum absolute atomic E-state index is 14.2. The maximum Gasteiger partial charge on any atom is 0.264 e. The van der Waals surface area contributed by atoms with E-state index in [1.807, 2.05) is 37.3 Å². The molecule has 0 bridgehead atoms. The van der Waals surface area contributed by atoms with Gasteiger partial charge in [0.15, 0.2) is 11.5 Å². The van der Waals surface area contributed by atoms with E-state index < -0.39 is 34.3 Å². The van der Waals surface area contributed by atoms with Gasteiger partial charge in [0, 0.05) is 18.7 Å². The summed E-state index contributed by atoms with van der Waals surface area (Å²) in [4.78, 5) is 29.0. The largest absolute Gasteiger partial charge is 0.493 e. The molecule has 9 nitrogen and oxygen atoms in total. The highest BCUT2D eigenvalue weighted by molar-refractivity contribution is 7.92. The smallest absolute Gasteiger partial charge is 0.264 e. The number of nitrogens with one attached hydrogen (secondary N) is 1. The summed E-state index contributed by atoms with van der Waals surface area (Å²) in [5, 5.41) is 3.10. The molecular weight excluding hydrogens is 585 g/mol. The highest BCUT2D eigenvalue weighted by Crippen LogP contribution is 2.32. The number of ether oxygens (including phenoxy) is 2. The normalized spacial score (nSPS) is 14.1. The van der Waals surface area contributed by atoms with Gasteiger partial charge in [0.25, 0.3) is 10.0 Å². The third kappa shape index (κ3) is 7.88. The molecule has 44 heavy (non-hydrogen) atoms. The van der Waals surface area contributed by atoms with Crippen molar-refractivity contribution in [2.45, 2.75) is 62.4 Å². The van der Waals surface area contributed by atoms with Gasteiger partial charge in [-0.15, -0.1) is 0 Å². The van der Waals surface area contributed by atoms with E-state index in [9.17, 15) is 22.4 Å². The molecule has 11 heteroatoms. The molecule has 1 N–H and O–H groups in total. The van der Waals surface area contributed by atoms with E-state index in [1.165, 1.54) is 49.5 Å². The van der Waals surface area contributed by atoms with Crippen LogP contribution in [0.1, 0.15) is 44.6 Å². The average molecular weight is 626 g/mol. The zero-order chi connectivity index (χ0) is 31.7. The summed E-state index contributed by atoms with van der Waals surface area (Å²) in [6.07, 6.45) is 4.68. The molecule has 1 aliphatic carbocycles. The lowest BCUT2D eigenvalue weighted by Crippen LogP contribution is -2.54. The Balaban J connectivity index is 1.70. The van der Waals surface area contributed by atoms with Crippen LogP contribution in [0.3, 0.4) is 0 Å². The first kappa shape index (κ1) is 32.8. The van der Waals surface area contributed by atoms with Crippen molar-refractivity contribution >= 4 is 27.5 Å². The molecule has 1 saturated carbocycles. The Labute approximate surface area is 259 Å². The van der Waals surface area contributed by atoms with Crippen molar-refractivity contribution in [3.05, 3.63) is 84.2 Å². The lowest BCUT2D eigenvalue weighted by atomic mass is 10.1. The number of carbonyl (C=O) groups excluding carboxylic acids is 2.